The number of rotatable bonds is 16. The fourth-order valence-corrected chi connectivity index (χ4v) is 4.23. The largest absolute Gasteiger partial charge is 0.492 e. The van der Waals surface area contributed by atoms with Crippen molar-refractivity contribution < 1.29 is 4.74 Å². The van der Waals surface area contributed by atoms with E-state index in [-0.39, 0.29) is 0 Å². The number of aromatic nitrogens is 2. The van der Waals surface area contributed by atoms with Crippen LogP contribution in [-0.4, -0.2) is 22.3 Å². The van der Waals surface area contributed by atoms with Crippen LogP contribution >= 0.6 is 0 Å². The molecule has 3 heterocycles. The summed E-state index contributed by atoms with van der Waals surface area (Å²) in [5.74, 6) is 0.832. The van der Waals surface area contributed by atoms with Gasteiger partial charge in [0.2, 0.25) is 0 Å². The molecule has 2 aromatic rings. The van der Waals surface area contributed by atoms with Crippen LogP contribution in [0, 0.1) is 0 Å². The summed E-state index contributed by atoms with van der Waals surface area (Å²) in [6.07, 6.45) is 22.3. The number of aryl methyl sites for hydroxylation is 1. The van der Waals surface area contributed by atoms with Gasteiger partial charge in [-0.3, -0.25) is 0 Å². The monoisotopic (exact) mass is 435 g/mol. The molecule has 0 unspecified atom stereocenters. The van der Waals surface area contributed by atoms with Gasteiger partial charge in [0, 0.05) is 23.7 Å². The van der Waals surface area contributed by atoms with E-state index in [1.54, 1.807) is 0 Å². The highest BCUT2D eigenvalue weighted by Crippen LogP contribution is 2.25. The SMILES string of the molecule is CCCCCCCCCCCCCc1ccc(/C=C2\N=C(c3ccc[nH]3)C=C2OCC)[nH]1. The molecule has 0 radical (unpaired) electrons. The number of hydrogen-bond donors (Lipinski definition) is 2. The fraction of sp³-hybridized carbons (Fsp3) is 0.536. The van der Waals surface area contributed by atoms with Gasteiger partial charge in [-0.2, -0.15) is 0 Å². The standard InChI is InChI=1S/C28H41N3O/c1-3-5-6-7-8-9-10-11-12-13-14-16-23-18-19-24(30-23)21-27-28(32-4-2)22-26(31-27)25-17-15-20-29-25/h15,17-22,29-30H,3-14,16H2,1-2H3/b27-21-. The number of unbranched alkanes of at least 4 members (excludes halogenated alkanes) is 10. The molecule has 3 rings (SSSR count). The van der Waals surface area contributed by atoms with Gasteiger partial charge in [0.15, 0.2) is 0 Å². The average molecular weight is 436 g/mol. The predicted molar refractivity (Wildman–Crippen MR) is 136 cm³/mol. The van der Waals surface area contributed by atoms with Gasteiger partial charge in [-0.15, -0.1) is 0 Å². The summed E-state index contributed by atoms with van der Waals surface area (Å²) in [4.78, 5) is 11.5. The van der Waals surface area contributed by atoms with Gasteiger partial charge in [-0.05, 0) is 50.1 Å². The lowest BCUT2D eigenvalue weighted by Gasteiger charge is -2.04. The third kappa shape index (κ3) is 7.89. The first kappa shape index (κ1) is 24.2. The zero-order valence-electron chi connectivity index (χ0n) is 20.1. The number of allylic oxidation sites excluding steroid dienone is 1. The molecule has 2 N–H and O–H groups in total. The van der Waals surface area contributed by atoms with E-state index < -0.39 is 0 Å². The van der Waals surface area contributed by atoms with Gasteiger partial charge < -0.3 is 14.7 Å². The smallest absolute Gasteiger partial charge is 0.147 e. The van der Waals surface area contributed by atoms with Gasteiger partial charge in [-0.1, -0.05) is 71.1 Å². The highest BCUT2D eigenvalue weighted by Gasteiger charge is 2.17. The number of H-pyrrole nitrogens is 2. The molecule has 4 heteroatoms. The minimum Gasteiger partial charge on any atom is -0.492 e. The van der Waals surface area contributed by atoms with Gasteiger partial charge in [0.1, 0.15) is 11.5 Å². The van der Waals surface area contributed by atoms with Crippen molar-refractivity contribution in [3.05, 3.63) is 65.1 Å². The van der Waals surface area contributed by atoms with Crippen LogP contribution in [-0.2, 0) is 11.2 Å². The number of nitrogens with one attached hydrogen (secondary N) is 2. The van der Waals surface area contributed by atoms with E-state index in [0.29, 0.717) is 6.61 Å². The molecule has 0 fully saturated rings. The molecule has 0 aromatic carbocycles. The van der Waals surface area contributed by atoms with Crippen molar-refractivity contribution in [1.82, 2.24) is 9.97 Å². The van der Waals surface area contributed by atoms with E-state index in [4.69, 9.17) is 9.73 Å². The molecule has 0 amide bonds. The molecule has 0 atom stereocenters. The first-order valence-electron chi connectivity index (χ1n) is 12.8. The van der Waals surface area contributed by atoms with Gasteiger partial charge in [0.05, 0.1) is 18.0 Å². The van der Waals surface area contributed by atoms with Crippen molar-refractivity contribution >= 4 is 11.8 Å². The van der Waals surface area contributed by atoms with Crippen molar-refractivity contribution in [1.29, 1.82) is 0 Å². The Hall–Kier alpha value is -2.49. The first-order chi connectivity index (χ1) is 15.8. The van der Waals surface area contributed by atoms with Crippen molar-refractivity contribution in [2.24, 2.45) is 4.99 Å². The Morgan fingerprint density at radius 3 is 2.25 bits per heavy atom. The molecule has 1 aliphatic rings. The molecule has 4 nitrogen and oxygen atoms in total. The second kappa shape index (κ2) is 13.8. The molecule has 32 heavy (non-hydrogen) atoms. The molecule has 2 aromatic heterocycles. The van der Waals surface area contributed by atoms with Crippen LogP contribution in [0.25, 0.3) is 6.08 Å². The van der Waals surface area contributed by atoms with E-state index in [1.165, 1.54) is 76.3 Å². The zero-order valence-corrected chi connectivity index (χ0v) is 20.1. The van der Waals surface area contributed by atoms with Crippen LogP contribution in [0.1, 0.15) is 102 Å². The second-order valence-electron chi connectivity index (χ2n) is 8.78. The van der Waals surface area contributed by atoms with Crippen LogP contribution in [0.3, 0.4) is 0 Å². The quantitative estimate of drug-likeness (QED) is 0.258. The molecule has 0 saturated heterocycles. The van der Waals surface area contributed by atoms with E-state index in [2.05, 4.69) is 35.1 Å². The van der Waals surface area contributed by atoms with Crippen LogP contribution in [0.5, 0.6) is 0 Å². The molecular weight excluding hydrogens is 394 g/mol. The lowest BCUT2D eigenvalue weighted by Crippen LogP contribution is -1.94. The minimum atomic E-state index is 0.630. The molecule has 0 aliphatic carbocycles. The number of hydrogen-bond acceptors (Lipinski definition) is 2. The van der Waals surface area contributed by atoms with E-state index in [9.17, 15) is 0 Å². The highest BCUT2D eigenvalue weighted by molar-refractivity contribution is 6.11. The molecule has 0 saturated carbocycles. The van der Waals surface area contributed by atoms with Crippen molar-refractivity contribution in [2.75, 3.05) is 6.61 Å². The van der Waals surface area contributed by atoms with Crippen molar-refractivity contribution in [3.8, 4) is 0 Å². The Morgan fingerprint density at radius 2 is 1.59 bits per heavy atom. The second-order valence-corrected chi connectivity index (χ2v) is 8.78. The molecule has 1 aliphatic heterocycles. The third-order valence-electron chi connectivity index (χ3n) is 6.05. The zero-order chi connectivity index (χ0) is 22.4. The fourth-order valence-electron chi connectivity index (χ4n) is 4.23. The summed E-state index contributed by atoms with van der Waals surface area (Å²) < 4.78 is 5.82. The third-order valence-corrected chi connectivity index (χ3v) is 6.05. The molecular formula is C28H41N3O. The highest BCUT2D eigenvalue weighted by atomic mass is 16.5. The lowest BCUT2D eigenvalue weighted by molar-refractivity contribution is 0.239. The first-order valence-corrected chi connectivity index (χ1v) is 12.8. The van der Waals surface area contributed by atoms with Crippen LogP contribution in [0.15, 0.2) is 53.0 Å². The van der Waals surface area contributed by atoms with E-state index in [0.717, 1.165) is 35.0 Å². The Bertz CT molecular complexity index is 870. The number of aliphatic imine (C=N–C) groups is 1. The summed E-state index contributed by atoms with van der Waals surface area (Å²) in [5, 5.41) is 0. The molecule has 0 bridgehead atoms. The number of ether oxygens (including phenoxy) is 1. The minimum absolute atomic E-state index is 0.630. The molecule has 0 spiro atoms. The maximum absolute atomic E-state index is 5.82. The van der Waals surface area contributed by atoms with Crippen LogP contribution in [0.4, 0.5) is 0 Å². The van der Waals surface area contributed by atoms with Crippen LogP contribution in [0.2, 0.25) is 0 Å². The van der Waals surface area contributed by atoms with Gasteiger partial charge in [-0.25, -0.2) is 4.99 Å². The predicted octanol–water partition coefficient (Wildman–Crippen LogP) is 7.96. The summed E-state index contributed by atoms with van der Waals surface area (Å²) in [5.41, 5.74) is 5.19. The maximum Gasteiger partial charge on any atom is 0.147 e. The van der Waals surface area contributed by atoms with Crippen molar-refractivity contribution in [3.63, 3.8) is 0 Å². The topological polar surface area (TPSA) is 53.2 Å². The summed E-state index contributed by atoms with van der Waals surface area (Å²) in [6.45, 7) is 4.92. The van der Waals surface area contributed by atoms with Crippen molar-refractivity contribution in [2.45, 2.75) is 90.9 Å². The van der Waals surface area contributed by atoms with Gasteiger partial charge in [0.25, 0.3) is 0 Å². The number of aromatic amines is 2. The Kier molecular flexibility index (Phi) is 10.4. The maximum atomic E-state index is 5.82. The normalized spacial score (nSPS) is 14.8. The Morgan fingerprint density at radius 1 is 0.875 bits per heavy atom. The van der Waals surface area contributed by atoms with E-state index >= 15 is 0 Å². The van der Waals surface area contributed by atoms with E-state index in [1.807, 2.05) is 31.3 Å². The summed E-state index contributed by atoms with van der Waals surface area (Å²) >= 11 is 0. The Labute approximate surface area is 194 Å². The Balaban J connectivity index is 1.39. The average Bonchev–Trinajstić information content (AvgIpc) is 3.55. The van der Waals surface area contributed by atoms with Crippen LogP contribution < -0.4 is 0 Å². The van der Waals surface area contributed by atoms with Gasteiger partial charge >= 0.3 is 0 Å². The number of nitrogens with zero attached hydrogens (tertiary/aromatic N) is 1. The lowest BCUT2D eigenvalue weighted by atomic mass is 10.0. The molecule has 174 valence electrons. The summed E-state index contributed by atoms with van der Waals surface area (Å²) in [7, 11) is 0. The summed E-state index contributed by atoms with van der Waals surface area (Å²) in [6, 6.07) is 8.37.